The van der Waals surface area contributed by atoms with Crippen molar-refractivity contribution in [3.05, 3.63) is 95.6 Å². The molecule has 0 atom stereocenters. The largest absolute Gasteiger partial charge is 0.417 e. The van der Waals surface area contributed by atoms with Crippen molar-refractivity contribution >= 4 is 23.6 Å². The summed E-state index contributed by atoms with van der Waals surface area (Å²) >= 11 is 6.32. The molecule has 1 aliphatic rings. The number of halogens is 4. The summed E-state index contributed by atoms with van der Waals surface area (Å²) in [6.45, 7) is 1.12. The first-order chi connectivity index (χ1) is 17.2. The van der Waals surface area contributed by atoms with Crippen LogP contribution in [0.3, 0.4) is 0 Å². The van der Waals surface area contributed by atoms with Gasteiger partial charge in [-0.3, -0.25) is 9.59 Å². The number of nitrogens with zero attached hydrogens (tertiary/aromatic N) is 3. The highest BCUT2D eigenvalue weighted by atomic mass is 35.5. The van der Waals surface area contributed by atoms with Gasteiger partial charge in [0.15, 0.2) is 0 Å². The zero-order valence-corrected chi connectivity index (χ0v) is 20.2. The quantitative estimate of drug-likeness (QED) is 0.418. The van der Waals surface area contributed by atoms with Gasteiger partial charge in [-0.25, -0.2) is 4.42 Å². The second kappa shape index (κ2) is 11.1. The van der Waals surface area contributed by atoms with E-state index >= 15 is 0 Å². The molecule has 9 heteroatoms. The highest BCUT2D eigenvalue weighted by molar-refractivity contribution is 6.14. The number of amides is 2. The van der Waals surface area contributed by atoms with Crippen LogP contribution in [0.25, 0.3) is 11.1 Å². The molecule has 0 unspecified atom stereocenters. The van der Waals surface area contributed by atoms with Crippen LogP contribution in [0.15, 0.2) is 78.9 Å². The molecule has 0 radical (unpaired) electrons. The van der Waals surface area contributed by atoms with E-state index in [1.165, 1.54) is 27.5 Å². The first-order valence-electron chi connectivity index (χ1n) is 11.5. The van der Waals surface area contributed by atoms with Crippen LogP contribution >= 0.6 is 11.8 Å². The van der Waals surface area contributed by atoms with Crippen molar-refractivity contribution in [2.24, 2.45) is 0 Å². The van der Waals surface area contributed by atoms with Crippen LogP contribution < -0.4 is 0 Å². The Balaban J connectivity index is 1.28. The molecule has 0 spiro atoms. The molecule has 0 N–H and O–H groups in total. The Morgan fingerprint density at radius 2 is 1.33 bits per heavy atom. The number of rotatable bonds is 6. The lowest BCUT2D eigenvalue weighted by atomic mass is 10.0. The van der Waals surface area contributed by atoms with Gasteiger partial charge in [-0.15, -0.1) is 0 Å². The molecule has 4 rings (SSSR count). The number of carbonyl (C=O) groups excluding carboxylic acids is 2. The number of benzene rings is 3. The molecule has 0 saturated carbocycles. The molecule has 3 aromatic rings. The second-order valence-corrected chi connectivity index (χ2v) is 9.04. The molecule has 188 valence electrons. The Labute approximate surface area is 212 Å². The monoisotopic (exact) mass is 515 g/mol. The standard InChI is InChI=1S/C27H25ClF3N3O2/c28-34(18-20-10-12-22(13-11-20)21-6-2-1-3-7-21)19-25(35)32-14-16-33(17-15-32)26(36)23-8-4-5-9-24(23)27(29,30)31/h1-13H,14-19H2. The van der Waals surface area contributed by atoms with Crippen LogP contribution in [0.4, 0.5) is 13.2 Å². The lowest BCUT2D eigenvalue weighted by Gasteiger charge is -2.35. The van der Waals surface area contributed by atoms with Gasteiger partial charge in [0.25, 0.3) is 5.91 Å². The number of carbonyl (C=O) groups is 2. The van der Waals surface area contributed by atoms with Crippen LogP contribution in [-0.4, -0.2) is 58.8 Å². The number of alkyl halides is 3. The summed E-state index contributed by atoms with van der Waals surface area (Å²) in [6, 6.07) is 22.7. The SMILES string of the molecule is O=C(CN(Cl)Cc1ccc(-c2ccccc2)cc1)N1CCN(C(=O)c2ccccc2C(F)(F)F)CC1. The summed E-state index contributed by atoms with van der Waals surface area (Å²) in [4.78, 5) is 28.4. The fourth-order valence-corrected chi connectivity index (χ4v) is 4.42. The minimum absolute atomic E-state index is 0.0210. The minimum Gasteiger partial charge on any atom is -0.338 e. The summed E-state index contributed by atoms with van der Waals surface area (Å²) in [5.74, 6) is -0.887. The molecule has 0 bridgehead atoms. The van der Waals surface area contributed by atoms with Crippen molar-refractivity contribution in [2.45, 2.75) is 12.7 Å². The van der Waals surface area contributed by atoms with Crippen LogP contribution in [0.5, 0.6) is 0 Å². The van der Waals surface area contributed by atoms with Crippen molar-refractivity contribution in [1.82, 2.24) is 14.2 Å². The fourth-order valence-electron chi connectivity index (χ4n) is 4.18. The van der Waals surface area contributed by atoms with E-state index in [0.717, 1.165) is 22.8 Å². The van der Waals surface area contributed by atoms with Crippen molar-refractivity contribution in [2.75, 3.05) is 32.7 Å². The topological polar surface area (TPSA) is 43.9 Å². The molecular formula is C27H25ClF3N3O2. The highest BCUT2D eigenvalue weighted by Gasteiger charge is 2.36. The summed E-state index contributed by atoms with van der Waals surface area (Å²) in [7, 11) is 0. The van der Waals surface area contributed by atoms with E-state index in [1.54, 1.807) is 4.90 Å². The van der Waals surface area contributed by atoms with E-state index in [-0.39, 0.29) is 44.2 Å². The van der Waals surface area contributed by atoms with Crippen molar-refractivity contribution in [3.63, 3.8) is 0 Å². The van der Waals surface area contributed by atoms with Crippen LogP contribution in [-0.2, 0) is 17.5 Å². The van der Waals surface area contributed by atoms with Gasteiger partial charge in [-0.2, -0.15) is 13.2 Å². The van der Waals surface area contributed by atoms with Gasteiger partial charge in [-0.1, -0.05) is 66.7 Å². The van der Waals surface area contributed by atoms with E-state index in [0.29, 0.717) is 6.54 Å². The second-order valence-electron chi connectivity index (χ2n) is 8.56. The zero-order valence-electron chi connectivity index (χ0n) is 19.4. The van der Waals surface area contributed by atoms with E-state index in [2.05, 4.69) is 0 Å². The van der Waals surface area contributed by atoms with Gasteiger partial charge < -0.3 is 9.80 Å². The molecule has 5 nitrogen and oxygen atoms in total. The molecular weight excluding hydrogens is 491 g/mol. The first-order valence-corrected chi connectivity index (χ1v) is 11.8. The Bertz CT molecular complexity index is 1190. The predicted octanol–water partition coefficient (Wildman–Crippen LogP) is 5.31. The van der Waals surface area contributed by atoms with Crippen LogP contribution in [0, 0.1) is 0 Å². The van der Waals surface area contributed by atoms with E-state index in [1.807, 2.05) is 54.6 Å². The first kappa shape index (κ1) is 25.7. The Morgan fingerprint density at radius 1 is 0.778 bits per heavy atom. The molecule has 1 fully saturated rings. The molecule has 3 aromatic carbocycles. The van der Waals surface area contributed by atoms with Crippen molar-refractivity contribution in [3.8, 4) is 11.1 Å². The van der Waals surface area contributed by atoms with Gasteiger partial charge in [0, 0.05) is 32.7 Å². The molecule has 36 heavy (non-hydrogen) atoms. The van der Waals surface area contributed by atoms with E-state index in [4.69, 9.17) is 11.8 Å². The molecule has 1 heterocycles. The van der Waals surface area contributed by atoms with Crippen molar-refractivity contribution < 1.29 is 22.8 Å². The van der Waals surface area contributed by atoms with Gasteiger partial charge in [0.05, 0.1) is 17.7 Å². The minimum atomic E-state index is -4.62. The third-order valence-electron chi connectivity index (χ3n) is 6.10. The summed E-state index contributed by atoms with van der Waals surface area (Å²) in [5, 5.41) is 0. The molecule has 0 aromatic heterocycles. The molecule has 2 amide bonds. The zero-order chi connectivity index (χ0) is 25.7. The van der Waals surface area contributed by atoms with Crippen LogP contribution in [0.2, 0.25) is 0 Å². The number of piperazine rings is 1. The van der Waals surface area contributed by atoms with Gasteiger partial charge in [0.1, 0.15) is 0 Å². The van der Waals surface area contributed by atoms with Gasteiger partial charge >= 0.3 is 6.18 Å². The maximum atomic E-state index is 13.3. The number of hydrogen-bond acceptors (Lipinski definition) is 3. The van der Waals surface area contributed by atoms with E-state index < -0.39 is 17.6 Å². The smallest absolute Gasteiger partial charge is 0.338 e. The highest BCUT2D eigenvalue weighted by Crippen LogP contribution is 2.32. The Hall–Kier alpha value is -3.36. The predicted molar refractivity (Wildman–Crippen MR) is 132 cm³/mol. The number of hydrogen-bond donors (Lipinski definition) is 0. The fraction of sp³-hybridized carbons (Fsp3) is 0.259. The average Bonchev–Trinajstić information content (AvgIpc) is 2.89. The Kier molecular flexibility index (Phi) is 7.96. The summed E-state index contributed by atoms with van der Waals surface area (Å²) < 4.78 is 41.2. The van der Waals surface area contributed by atoms with Crippen LogP contribution in [0.1, 0.15) is 21.5 Å². The summed E-state index contributed by atoms with van der Waals surface area (Å²) in [5.41, 5.74) is 1.82. The molecule has 1 aliphatic heterocycles. The maximum Gasteiger partial charge on any atom is 0.417 e. The maximum absolute atomic E-state index is 13.3. The normalized spacial score (nSPS) is 14.2. The molecule has 0 aliphatic carbocycles. The van der Waals surface area contributed by atoms with Gasteiger partial charge in [0.2, 0.25) is 5.91 Å². The summed E-state index contributed by atoms with van der Waals surface area (Å²) in [6.07, 6.45) is -4.62. The third-order valence-corrected chi connectivity index (χ3v) is 6.34. The lowest BCUT2D eigenvalue weighted by molar-refractivity contribution is -0.138. The third kappa shape index (κ3) is 6.25. The van der Waals surface area contributed by atoms with Crippen molar-refractivity contribution in [1.29, 1.82) is 0 Å². The average molecular weight is 516 g/mol. The van der Waals surface area contributed by atoms with E-state index in [9.17, 15) is 22.8 Å². The van der Waals surface area contributed by atoms with Gasteiger partial charge in [-0.05, 0) is 40.6 Å². The lowest BCUT2D eigenvalue weighted by Crippen LogP contribution is -2.52. The Morgan fingerprint density at radius 3 is 1.97 bits per heavy atom. The molecule has 1 saturated heterocycles.